The largest absolute Gasteiger partial charge is 0.453 e. The molecule has 120 valence electrons. The van der Waals surface area contributed by atoms with E-state index in [0.29, 0.717) is 17.2 Å². The highest BCUT2D eigenvalue weighted by Gasteiger charge is 2.39. The van der Waals surface area contributed by atoms with E-state index in [4.69, 9.17) is 4.74 Å². The molecule has 0 radical (unpaired) electrons. The van der Waals surface area contributed by atoms with Crippen molar-refractivity contribution in [3.05, 3.63) is 54.1 Å². The predicted molar refractivity (Wildman–Crippen MR) is 84.5 cm³/mol. The number of halogens is 1. The molecule has 0 spiro atoms. The number of carbonyl (C=O) groups is 1. The first-order valence-corrected chi connectivity index (χ1v) is 7.72. The SMILES string of the molecule is C[C@H](NC(=O)[C@@H]1C[C@@H]1C)c1ccc(Oc2cccnc2)c(F)c1. The molecule has 4 nitrogen and oxygen atoms in total. The van der Waals surface area contributed by atoms with Crippen molar-refractivity contribution in [1.82, 2.24) is 10.3 Å². The molecule has 1 aliphatic rings. The van der Waals surface area contributed by atoms with Crippen LogP contribution in [0.25, 0.3) is 0 Å². The van der Waals surface area contributed by atoms with Gasteiger partial charge in [0.25, 0.3) is 0 Å². The normalized spacial score (nSPS) is 20.7. The van der Waals surface area contributed by atoms with Crippen LogP contribution in [0.4, 0.5) is 4.39 Å². The van der Waals surface area contributed by atoms with Gasteiger partial charge in [-0.05, 0) is 49.1 Å². The topological polar surface area (TPSA) is 51.2 Å². The highest BCUT2D eigenvalue weighted by atomic mass is 19.1. The molecule has 23 heavy (non-hydrogen) atoms. The van der Waals surface area contributed by atoms with Crippen molar-refractivity contribution in [3.63, 3.8) is 0 Å². The minimum absolute atomic E-state index is 0.0427. The number of ether oxygens (including phenoxy) is 1. The van der Waals surface area contributed by atoms with E-state index in [9.17, 15) is 9.18 Å². The molecule has 3 rings (SSSR count). The molecule has 1 amide bonds. The molecule has 0 bridgehead atoms. The number of hydrogen-bond acceptors (Lipinski definition) is 3. The van der Waals surface area contributed by atoms with Crippen molar-refractivity contribution < 1.29 is 13.9 Å². The lowest BCUT2D eigenvalue weighted by Crippen LogP contribution is -2.28. The lowest BCUT2D eigenvalue weighted by molar-refractivity contribution is -0.123. The summed E-state index contributed by atoms with van der Waals surface area (Å²) < 4.78 is 19.7. The zero-order valence-electron chi connectivity index (χ0n) is 13.1. The Morgan fingerprint density at radius 1 is 1.43 bits per heavy atom. The van der Waals surface area contributed by atoms with Gasteiger partial charge in [0.05, 0.1) is 12.2 Å². The molecule has 1 heterocycles. The Kier molecular flexibility index (Phi) is 4.28. The van der Waals surface area contributed by atoms with Crippen LogP contribution in [0.15, 0.2) is 42.7 Å². The summed E-state index contributed by atoms with van der Waals surface area (Å²) in [6.07, 6.45) is 4.08. The molecule has 1 aromatic carbocycles. The Morgan fingerprint density at radius 3 is 2.83 bits per heavy atom. The van der Waals surface area contributed by atoms with Crippen LogP contribution in [0.1, 0.15) is 31.9 Å². The molecular weight excluding hydrogens is 295 g/mol. The summed E-state index contributed by atoms with van der Waals surface area (Å²) in [5.41, 5.74) is 0.711. The zero-order chi connectivity index (χ0) is 16.4. The number of pyridine rings is 1. The number of nitrogens with one attached hydrogen (secondary N) is 1. The minimum atomic E-state index is -0.466. The van der Waals surface area contributed by atoms with Crippen LogP contribution in [0, 0.1) is 17.7 Å². The third-order valence-electron chi connectivity index (χ3n) is 4.12. The van der Waals surface area contributed by atoms with Crippen LogP contribution in [-0.4, -0.2) is 10.9 Å². The molecule has 1 aliphatic carbocycles. The molecule has 1 saturated carbocycles. The summed E-state index contributed by atoms with van der Waals surface area (Å²) in [4.78, 5) is 15.9. The summed E-state index contributed by atoms with van der Waals surface area (Å²) >= 11 is 0. The highest BCUT2D eigenvalue weighted by Crippen LogP contribution is 2.38. The van der Waals surface area contributed by atoms with Gasteiger partial charge in [0.2, 0.25) is 5.91 Å². The van der Waals surface area contributed by atoms with Crippen molar-refractivity contribution in [2.75, 3.05) is 0 Å². The Morgan fingerprint density at radius 2 is 2.22 bits per heavy atom. The second kappa shape index (κ2) is 6.36. The van der Waals surface area contributed by atoms with E-state index in [0.717, 1.165) is 6.42 Å². The number of benzene rings is 1. The first-order valence-electron chi connectivity index (χ1n) is 7.72. The average molecular weight is 314 g/mol. The predicted octanol–water partition coefficient (Wildman–Crippen LogP) is 3.85. The Bertz CT molecular complexity index is 705. The Labute approximate surface area is 134 Å². The lowest BCUT2D eigenvalue weighted by Gasteiger charge is -2.15. The van der Waals surface area contributed by atoms with E-state index in [2.05, 4.69) is 17.2 Å². The molecule has 0 aliphatic heterocycles. The fourth-order valence-electron chi connectivity index (χ4n) is 2.49. The van der Waals surface area contributed by atoms with Crippen molar-refractivity contribution in [2.24, 2.45) is 11.8 Å². The van der Waals surface area contributed by atoms with Gasteiger partial charge in [-0.1, -0.05) is 13.0 Å². The van der Waals surface area contributed by atoms with Gasteiger partial charge in [0, 0.05) is 12.1 Å². The monoisotopic (exact) mass is 314 g/mol. The molecule has 5 heteroatoms. The second-order valence-electron chi connectivity index (χ2n) is 6.03. The number of amides is 1. The fraction of sp³-hybridized carbons (Fsp3) is 0.333. The first kappa shape index (κ1) is 15.5. The maximum Gasteiger partial charge on any atom is 0.223 e. The van der Waals surface area contributed by atoms with Crippen LogP contribution in [0.2, 0.25) is 0 Å². The Hall–Kier alpha value is -2.43. The third-order valence-corrected chi connectivity index (χ3v) is 4.12. The van der Waals surface area contributed by atoms with Gasteiger partial charge in [0.1, 0.15) is 5.75 Å². The quantitative estimate of drug-likeness (QED) is 0.912. The summed E-state index contributed by atoms with van der Waals surface area (Å²) in [7, 11) is 0. The van der Waals surface area contributed by atoms with E-state index < -0.39 is 5.82 Å². The molecule has 1 fully saturated rings. The van der Waals surface area contributed by atoms with Crippen molar-refractivity contribution in [2.45, 2.75) is 26.3 Å². The molecule has 2 aromatic rings. The molecule has 0 unspecified atom stereocenters. The van der Waals surface area contributed by atoms with E-state index in [1.54, 1.807) is 30.5 Å². The second-order valence-corrected chi connectivity index (χ2v) is 6.03. The minimum Gasteiger partial charge on any atom is -0.453 e. The van der Waals surface area contributed by atoms with Crippen molar-refractivity contribution in [3.8, 4) is 11.5 Å². The van der Waals surface area contributed by atoms with E-state index >= 15 is 0 Å². The average Bonchev–Trinajstić information content (AvgIpc) is 3.27. The van der Waals surface area contributed by atoms with E-state index in [1.165, 1.54) is 12.3 Å². The number of nitrogens with zero attached hydrogens (tertiary/aromatic N) is 1. The van der Waals surface area contributed by atoms with Crippen LogP contribution in [0.5, 0.6) is 11.5 Å². The molecule has 1 aromatic heterocycles. The maximum absolute atomic E-state index is 14.2. The van der Waals surface area contributed by atoms with Gasteiger partial charge in [0.15, 0.2) is 11.6 Å². The molecule has 3 atom stereocenters. The lowest BCUT2D eigenvalue weighted by atomic mass is 10.1. The van der Waals surface area contributed by atoms with Gasteiger partial charge in [-0.25, -0.2) is 4.39 Å². The van der Waals surface area contributed by atoms with Crippen LogP contribution in [0.3, 0.4) is 0 Å². The van der Waals surface area contributed by atoms with Crippen LogP contribution >= 0.6 is 0 Å². The maximum atomic E-state index is 14.2. The fourth-order valence-corrected chi connectivity index (χ4v) is 2.49. The number of carbonyl (C=O) groups excluding carboxylic acids is 1. The summed E-state index contributed by atoms with van der Waals surface area (Å²) in [5.74, 6) is 0.748. The zero-order valence-corrected chi connectivity index (χ0v) is 13.1. The van der Waals surface area contributed by atoms with E-state index in [1.807, 2.05) is 6.92 Å². The van der Waals surface area contributed by atoms with Crippen molar-refractivity contribution in [1.29, 1.82) is 0 Å². The number of aromatic nitrogens is 1. The third kappa shape index (κ3) is 3.67. The van der Waals surface area contributed by atoms with Crippen LogP contribution in [-0.2, 0) is 4.79 Å². The molecule has 0 saturated heterocycles. The van der Waals surface area contributed by atoms with Gasteiger partial charge in [-0.3, -0.25) is 9.78 Å². The smallest absolute Gasteiger partial charge is 0.223 e. The van der Waals surface area contributed by atoms with Crippen LogP contribution < -0.4 is 10.1 Å². The van der Waals surface area contributed by atoms with E-state index in [-0.39, 0.29) is 23.6 Å². The highest BCUT2D eigenvalue weighted by molar-refractivity contribution is 5.81. The Balaban J connectivity index is 1.67. The first-order chi connectivity index (χ1) is 11.0. The number of rotatable bonds is 5. The molecule has 1 N–H and O–H groups in total. The van der Waals surface area contributed by atoms with Gasteiger partial charge in [-0.15, -0.1) is 0 Å². The number of hydrogen-bond donors (Lipinski definition) is 1. The van der Waals surface area contributed by atoms with Gasteiger partial charge < -0.3 is 10.1 Å². The summed E-state index contributed by atoms with van der Waals surface area (Å²) in [5, 5.41) is 2.93. The van der Waals surface area contributed by atoms with Crippen molar-refractivity contribution >= 4 is 5.91 Å². The molecular formula is C18H19FN2O2. The van der Waals surface area contributed by atoms with Gasteiger partial charge >= 0.3 is 0 Å². The summed E-state index contributed by atoms with van der Waals surface area (Å²) in [6, 6.07) is 7.92. The summed E-state index contributed by atoms with van der Waals surface area (Å²) in [6.45, 7) is 3.90. The standard InChI is InChI=1S/C18H19FN2O2/c1-11-8-15(11)18(22)21-12(2)13-5-6-17(16(19)9-13)23-14-4-3-7-20-10-14/h3-7,9-12,15H,8H2,1-2H3,(H,21,22)/t11-,12-,15+/m0/s1. The van der Waals surface area contributed by atoms with Gasteiger partial charge in [-0.2, -0.15) is 0 Å².